The number of benzene rings is 1. The number of para-hydroxylation sites is 1. The van der Waals surface area contributed by atoms with Gasteiger partial charge in [-0.2, -0.15) is 4.98 Å². The van der Waals surface area contributed by atoms with Crippen LogP contribution in [-0.2, 0) is 6.42 Å². The van der Waals surface area contributed by atoms with Gasteiger partial charge in [-0.3, -0.25) is 0 Å². The number of anilines is 2. The molecule has 0 aliphatic rings. The first kappa shape index (κ1) is 20.2. The van der Waals surface area contributed by atoms with Gasteiger partial charge in [0.2, 0.25) is 5.28 Å². The number of rotatable bonds is 8. The summed E-state index contributed by atoms with van der Waals surface area (Å²) < 4.78 is 0. The van der Waals surface area contributed by atoms with Gasteiger partial charge in [0.1, 0.15) is 5.82 Å². The highest BCUT2D eigenvalue weighted by Gasteiger charge is 2.17. The third-order valence-electron chi connectivity index (χ3n) is 4.54. The Kier molecular flexibility index (Phi) is 7.40. The summed E-state index contributed by atoms with van der Waals surface area (Å²) in [7, 11) is 0. The topological polar surface area (TPSA) is 29.0 Å². The second kappa shape index (κ2) is 9.54. The van der Waals surface area contributed by atoms with Gasteiger partial charge >= 0.3 is 0 Å². The summed E-state index contributed by atoms with van der Waals surface area (Å²) in [5.41, 5.74) is 4.18. The molecule has 0 amide bonds. The maximum atomic E-state index is 6.24. The fourth-order valence-corrected chi connectivity index (χ4v) is 2.98. The first-order chi connectivity index (χ1) is 12.5. The van der Waals surface area contributed by atoms with Crippen LogP contribution in [0.15, 0.2) is 43.1 Å². The van der Waals surface area contributed by atoms with Gasteiger partial charge in [0.05, 0.1) is 11.4 Å². The molecule has 1 aromatic heterocycles. The molecular weight excluding hydrogens is 342 g/mol. The van der Waals surface area contributed by atoms with Crippen LogP contribution in [0.2, 0.25) is 5.28 Å². The molecule has 1 atom stereocenters. The van der Waals surface area contributed by atoms with Gasteiger partial charge in [-0.05, 0) is 48.6 Å². The van der Waals surface area contributed by atoms with Crippen LogP contribution in [0.3, 0.4) is 0 Å². The fraction of sp³-hybridized carbons (Fsp3) is 0.364. The lowest BCUT2D eigenvalue weighted by molar-refractivity contribution is 0.701. The van der Waals surface area contributed by atoms with E-state index in [0.717, 1.165) is 42.0 Å². The minimum absolute atomic E-state index is 0.245. The highest BCUT2D eigenvalue weighted by Crippen LogP contribution is 2.32. The van der Waals surface area contributed by atoms with E-state index in [1.54, 1.807) is 6.20 Å². The number of aromatic nitrogens is 2. The zero-order valence-electron chi connectivity index (χ0n) is 16.2. The Hall–Kier alpha value is -2.13. The average Bonchev–Trinajstić information content (AvgIpc) is 2.64. The van der Waals surface area contributed by atoms with E-state index in [-0.39, 0.29) is 5.28 Å². The van der Waals surface area contributed by atoms with Crippen molar-refractivity contribution in [1.29, 1.82) is 0 Å². The summed E-state index contributed by atoms with van der Waals surface area (Å²) in [5.74, 6) is 1.26. The second-order valence-electron chi connectivity index (χ2n) is 6.50. The van der Waals surface area contributed by atoms with E-state index in [2.05, 4.69) is 61.6 Å². The summed E-state index contributed by atoms with van der Waals surface area (Å²) in [6.45, 7) is 12.6. The zero-order chi connectivity index (χ0) is 19.1. The molecule has 3 nitrogen and oxygen atoms in total. The van der Waals surface area contributed by atoms with E-state index in [4.69, 9.17) is 11.6 Å². The van der Waals surface area contributed by atoms with E-state index < -0.39 is 0 Å². The maximum absolute atomic E-state index is 6.24. The van der Waals surface area contributed by atoms with Gasteiger partial charge < -0.3 is 4.90 Å². The van der Waals surface area contributed by atoms with Gasteiger partial charge in [0.15, 0.2) is 0 Å². The Balaban J connectivity index is 2.54. The molecule has 26 heavy (non-hydrogen) atoms. The molecule has 4 heteroatoms. The van der Waals surface area contributed by atoms with Crippen LogP contribution in [-0.4, -0.2) is 9.97 Å². The van der Waals surface area contributed by atoms with Gasteiger partial charge in [-0.15, -0.1) is 0 Å². The molecule has 0 N–H and O–H groups in total. The SMILES string of the molecule is C=CN(c1ccccc1CCC)c1nc(Cl)nc(/C=C\C(C)CC)c1C. The van der Waals surface area contributed by atoms with Crippen LogP contribution in [0, 0.1) is 12.8 Å². The molecular formula is C22H28ClN3. The molecule has 0 spiro atoms. The number of nitrogens with zero attached hydrogens (tertiary/aromatic N) is 3. The lowest BCUT2D eigenvalue weighted by atomic mass is 10.1. The Morgan fingerprint density at radius 3 is 2.62 bits per heavy atom. The van der Waals surface area contributed by atoms with Crippen molar-refractivity contribution < 1.29 is 0 Å². The standard InChI is InChI=1S/C22H28ClN3/c1-6-11-18-12-9-10-13-20(18)26(8-3)21-17(5)19(24-22(23)25-21)15-14-16(4)7-2/h8-10,12-16H,3,6-7,11H2,1-2,4-5H3/b15-14-. The van der Waals surface area contributed by atoms with Crippen molar-refractivity contribution in [2.45, 2.75) is 47.0 Å². The smallest absolute Gasteiger partial charge is 0.224 e. The lowest BCUT2D eigenvalue weighted by Crippen LogP contribution is -2.15. The zero-order valence-corrected chi connectivity index (χ0v) is 16.9. The number of hydrogen-bond acceptors (Lipinski definition) is 3. The first-order valence-electron chi connectivity index (χ1n) is 9.23. The van der Waals surface area contributed by atoms with Crippen molar-refractivity contribution in [2.75, 3.05) is 4.90 Å². The molecule has 1 unspecified atom stereocenters. The molecule has 0 saturated heterocycles. The van der Waals surface area contributed by atoms with E-state index in [9.17, 15) is 0 Å². The molecule has 2 aromatic rings. The molecule has 1 heterocycles. The van der Waals surface area contributed by atoms with E-state index in [0.29, 0.717) is 5.92 Å². The van der Waals surface area contributed by atoms with Crippen LogP contribution >= 0.6 is 11.6 Å². The monoisotopic (exact) mass is 369 g/mol. The van der Waals surface area contributed by atoms with Gasteiger partial charge in [-0.25, -0.2) is 4.98 Å². The Bertz CT molecular complexity index is 783. The average molecular weight is 370 g/mol. The van der Waals surface area contributed by atoms with Gasteiger partial charge in [0.25, 0.3) is 0 Å². The van der Waals surface area contributed by atoms with Crippen molar-refractivity contribution >= 4 is 29.2 Å². The van der Waals surface area contributed by atoms with E-state index in [1.165, 1.54) is 5.56 Å². The summed E-state index contributed by atoms with van der Waals surface area (Å²) in [5, 5.41) is 0.245. The normalized spacial score (nSPS) is 12.3. The third-order valence-corrected chi connectivity index (χ3v) is 4.71. The minimum atomic E-state index is 0.245. The Labute approximate surface area is 162 Å². The Morgan fingerprint density at radius 1 is 1.23 bits per heavy atom. The molecule has 0 saturated carbocycles. The van der Waals surface area contributed by atoms with Gasteiger partial charge in [0, 0.05) is 11.8 Å². The second-order valence-corrected chi connectivity index (χ2v) is 6.84. The van der Waals surface area contributed by atoms with Crippen molar-refractivity contribution in [3.8, 4) is 0 Å². The summed E-state index contributed by atoms with van der Waals surface area (Å²) in [6.07, 6.45) is 9.17. The van der Waals surface area contributed by atoms with Crippen molar-refractivity contribution in [1.82, 2.24) is 9.97 Å². The summed E-state index contributed by atoms with van der Waals surface area (Å²) >= 11 is 6.24. The van der Waals surface area contributed by atoms with Crippen molar-refractivity contribution in [2.24, 2.45) is 5.92 Å². The maximum Gasteiger partial charge on any atom is 0.224 e. The largest absolute Gasteiger partial charge is 0.302 e. The van der Waals surface area contributed by atoms with Crippen LogP contribution in [0.25, 0.3) is 6.08 Å². The third kappa shape index (κ3) is 4.73. The molecule has 0 aliphatic heterocycles. The minimum Gasteiger partial charge on any atom is -0.302 e. The Morgan fingerprint density at radius 2 is 1.96 bits per heavy atom. The summed E-state index contributed by atoms with van der Waals surface area (Å²) in [4.78, 5) is 10.9. The molecule has 1 aromatic carbocycles. The molecule has 0 radical (unpaired) electrons. The van der Waals surface area contributed by atoms with E-state index >= 15 is 0 Å². The van der Waals surface area contributed by atoms with Crippen molar-refractivity contribution in [3.63, 3.8) is 0 Å². The number of hydrogen-bond donors (Lipinski definition) is 0. The predicted octanol–water partition coefficient (Wildman–Crippen LogP) is 6.73. The molecule has 2 rings (SSSR count). The van der Waals surface area contributed by atoms with Crippen molar-refractivity contribution in [3.05, 3.63) is 65.2 Å². The number of allylic oxidation sites excluding steroid dienone is 1. The number of aryl methyl sites for hydroxylation is 1. The van der Waals surface area contributed by atoms with Crippen LogP contribution in [0.1, 0.15) is 50.4 Å². The predicted molar refractivity (Wildman–Crippen MR) is 113 cm³/mol. The fourth-order valence-electron chi connectivity index (χ4n) is 2.81. The number of halogens is 1. The van der Waals surface area contributed by atoms with Crippen LogP contribution in [0.5, 0.6) is 0 Å². The molecule has 0 bridgehead atoms. The van der Waals surface area contributed by atoms with Gasteiger partial charge in [-0.1, -0.05) is 64.5 Å². The molecule has 0 aliphatic carbocycles. The quantitative estimate of drug-likeness (QED) is 0.483. The lowest BCUT2D eigenvalue weighted by Gasteiger charge is -2.24. The van der Waals surface area contributed by atoms with Crippen LogP contribution < -0.4 is 4.90 Å². The molecule has 138 valence electrons. The highest BCUT2D eigenvalue weighted by molar-refractivity contribution is 6.28. The highest BCUT2D eigenvalue weighted by atomic mass is 35.5. The summed E-state index contributed by atoms with van der Waals surface area (Å²) in [6, 6.07) is 8.34. The first-order valence-corrected chi connectivity index (χ1v) is 9.61. The molecule has 0 fully saturated rings. The van der Waals surface area contributed by atoms with E-state index in [1.807, 2.05) is 24.0 Å². The van der Waals surface area contributed by atoms with Crippen LogP contribution in [0.4, 0.5) is 11.5 Å².